The van der Waals surface area contributed by atoms with Crippen molar-refractivity contribution in [3.8, 4) is 0 Å². The van der Waals surface area contributed by atoms with Crippen molar-refractivity contribution in [1.82, 2.24) is 0 Å². The summed E-state index contributed by atoms with van der Waals surface area (Å²) in [5, 5.41) is 0. The summed E-state index contributed by atoms with van der Waals surface area (Å²) >= 11 is 0. The van der Waals surface area contributed by atoms with E-state index < -0.39 is 20.4 Å². The highest BCUT2D eigenvalue weighted by Crippen LogP contribution is 2.41. The molecule has 1 atom stereocenters. The minimum Gasteiger partial charge on any atom is -0.303 e. The lowest BCUT2D eigenvalue weighted by Crippen LogP contribution is -2.23. The predicted molar refractivity (Wildman–Crippen MR) is 28.6 cm³/mol. The molecule has 0 saturated heterocycles. The van der Waals surface area contributed by atoms with E-state index in [1.807, 2.05) is 0 Å². The second-order valence-corrected chi connectivity index (χ2v) is 2.98. The first-order valence-corrected chi connectivity index (χ1v) is 3.81. The van der Waals surface area contributed by atoms with E-state index in [0.717, 1.165) is 0 Å². The van der Waals surface area contributed by atoms with Gasteiger partial charge in [0.15, 0.2) is 0 Å². The molecule has 0 fully saturated rings. The molecule has 0 radical (unpaired) electrons. The Morgan fingerprint density at radius 1 is 1.70 bits per heavy atom. The van der Waals surface area contributed by atoms with Gasteiger partial charge in [-0.15, -0.1) is 0 Å². The molecule has 0 bridgehead atoms. The van der Waals surface area contributed by atoms with Crippen LogP contribution in [0.15, 0.2) is 0 Å². The summed E-state index contributed by atoms with van der Waals surface area (Å²) in [4.78, 5) is 15.9. The summed E-state index contributed by atoms with van der Waals surface area (Å²) < 4.78 is 37.0. The lowest BCUT2D eigenvalue weighted by atomic mass is 10.4. The highest BCUT2D eigenvalue weighted by atomic mass is 31.2. The molecule has 2 N–H and O–H groups in total. The largest absolute Gasteiger partial charge is 0.472 e. The molecule has 10 heavy (non-hydrogen) atoms. The van der Waals surface area contributed by atoms with Crippen LogP contribution in [0.1, 0.15) is 6.92 Å². The number of phosphoric acid groups is 1. The van der Waals surface area contributed by atoms with Gasteiger partial charge in [-0.25, -0.2) is 17.9 Å². The number of hydrogen-bond acceptors (Lipinski definition) is 2. The Bertz CT molecular complexity index is 153. The Hall–Kier alpha value is -0.0300. The third kappa shape index (κ3) is 4.81. The molecule has 1 unspecified atom stereocenters. The molecular formula is C3H7F2O4P. The van der Waals surface area contributed by atoms with E-state index in [1.165, 1.54) is 0 Å². The van der Waals surface area contributed by atoms with E-state index in [9.17, 15) is 13.3 Å². The van der Waals surface area contributed by atoms with Crippen LogP contribution in [0.3, 0.4) is 0 Å². The molecule has 0 heterocycles. The van der Waals surface area contributed by atoms with Crippen molar-refractivity contribution < 1.29 is 27.7 Å². The lowest BCUT2D eigenvalue weighted by molar-refractivity contribution is -0.0790. The molecule has 62 valence electrons. The molecule has 7 heteroatoms. The topological polar surface area (TPSA) is 66.8 Å². The number of phosphoric ester groups is 1. The van der Waals surface area contributed by atoms with Gasteiger partial charge in [-0.05, 0) is 6.92 Å². The van der Waals surface area contributed by atoms with Crippen LogP contribution in [-0.4, -0.2) is 22.3 Å². The van der Waals surface area contributed by atoms with Gasteiger partial charge in [-0.3, -0.25) is 0 Å². The van der Waals surface area contributed by atoms with Gasteiger partial charge in [0.25, 0.3) is 0 Å². The van der Waals surface area contributed by atoms with Crippen LogP contribution in [0.25, 0.3) is 0 Å². The van der Waals surface area contributed by atoms with Crippen molar-refractivity contribution >= 4 is 7.82 Å². The average Bonchev–Trinajstić information content (AvgIpc) is 1.60. The molecule has 0 aliphatic carbocycles. The normalized spacial score (nSPS) is 18.5. The Labute approximate surface area is 56.1 Å². The smallest absolute Gasteiger partial charge is 0.303 e. The third-order valence-electron chi connectivity index (χ3n) is 0.548. The standard InChI is InChI=1S/C3H7F2O4P/c1-3(5,2-4)9-10(6,7)8/h2H2,1H3,(H2,6,7,8). The van der Waals surface area contributed by atoms with Gasteiger partial charge < -0.3 is 9.79 Å². The fourth-order valence-corrected chi connectivity index (χ4v) is 0.817. The SMILES string of the molecule is CC(F)(CF)OP(=O)(O)O. The molecule has 0 rings (SSSR count). The van der Waals surface area contributed by atoms with Crippen molar-refractivity contribution in [2.24, 2.45) is 0 Å². The molecule has 0 aromatic carbocycles. The van der Waals surface area contributed by atoms with Gasteiger partial charge in [0, 0.05) is 0 Å². The van der Waals surface area contributed by atoms with Crippen molar-refractivity contribution in [3.63, 3.8) is 0 Å². The zero-order chi connectivity index (χ0) is 8.41. The Morgan fingerprint density at radius 3 is 2.20 bits per heavy atom. The van der Waals surface area contributed by atoms with Crippen LogP contribution in [-0.2, 0) is 9.09 Å². The van der Waals surface area contributed by atoms with Gasteiger partial charge >= 0.3 is 7.82 Å². The first-order chi connectivity index (χ1) is 4.27. The molecule has 0 aromatic heterocycles. The summed E-state index contributed by atoms with van der Waals surface area (Å²) in [6.07, 6.45) is 0. The summed E-state index contributed by atoms with van der Waals surface area (Å²) in [6, 6.07) is 0. The van der Waals surface area contributed by atoms with E-state index >= 15 is 0 Å². The second kappa shape index (κ2) is 2.92. The zero-order valence-electron chi connectivity index (χ0n) is 5.12. The lowest BCUT2D eigenvalue weighted by Gasteiger charge is -2.16. The van der Waals surface area contributed by atoms with Gasteiger partial charge in [0.05, 0.1) is 0 Å². The quantitative estimate of drug-likeness (QED) is 0.622. The maximum atomic E-state index is 12.2. The summed E-state index contributed by atoms with van der Waals surface area (Å²) in [7, 11) is -4.92. The molecule has 4 nitrogen and oxygen atoms in total. The van der Waals surface area contributed by atoms with E-state index in [2.05, 4.69) is 4.52 Å². The van der Waals surface area contributed by atoms with Crippen LogP contribution in [0.4, 0.5) is 8.78 Å². The molecule has 0 saturated carbocycles. The summed E-state index contributed by atoms with van der Waals surface area (Å²) in [5.74, 6) is -2.90. The second-order valence-electron chi connectivity index (χ2n) is 1.82. The fraction of sp³-hybridized carbons (Fsp3) is 1.00. The maximum absolute atomic E-state index is 12.2. The van der Waals surface area contributed by atoms with Crippen molar-refractivity contribution in [2.75, 3.05) is 6.67 Å². The monoisotopic (exact) mass is 176 g/mol. The van der Waals surface area contributed by atoms with Crippen LogP contribution in [0, 0.1) is 0 Å². The van der Waals surface area contributed by atoms with E-state index in [4.69, 9.17) is 9.79 Å². The van der Waals surface area contributed by atoms with Gasteiger partial charge in [0.1, 0.15) is 6.67 Å². The number of hydrogen-bond donors (Lipinski definition) is 2. The highest BCUT2D eigenvalue weighted by Gasteiger charge is 2.33. The number of alkyl halides is 2. The first-order valence-electron chi connectivity index (χ1n) is 2.28. The van der Waals surface area contributed by atoms with Crippen LogP contribution in [0.5, 0.6) is 0 Å². The van der Waals surface area contributed by atoms with Crippen molar-refractivity contribution in [3.05, 3.63) is 0 Å². The van der Waals surface area contributed by atoms with Crippen molar-refractivity contribution in [1.29, 1.82) is 0 Å². The Morgan fingerprint density at radius 2 is 2.10 bits per heavy atom. The third-order valence-corrected chi connectivity index (χ3v) is 1.17. The van der Waals surface area contributed by atoms with Crippen LogP contribution in [0.2, 0.25) is 0 Å². The average molecular weight is 176 g/mol. The van der Waals surface area contributed by atoms with E-state index in [-0.39, 0.29) is 0 Å². The van der Waals surface area contributed by atoms with Crippen LogP contribution < -0.4 is 0 Å². The Kier molecular flexibility index (Phi) is 2.91. The fourth-order valence-electron chi connectivity index (χ4n) is 0.272. The number of rotatable bonds is 3. The van der Waals surface area contributed by atoms with Gasteiger partial charge in [0.2, 0.25) is 5.85 Å². The van der Waals surface area contributed by atoms with E-state index in [1.54, 1.807) is 0 Å². The van der Waals surface area contributed by atoms with Gasteiger partial charge in [-0.1, -0.05) is 0 Å². The molecule has 0 aliphatic rings. The van der Waals surface area contributed by atoms with Crippen LogP contribution >= 0.6 is 7.82 Å². The summed E-state index contributed by atoms with van der Waals surface area (Å²) in [6.45, 7) is -1.01. The zero-order valence-corrected chi connectivity index (χ0v) is 6.02. The summed E-state index contributed by atoms with van der Waals surface area (Å²) in [5.41, 5.74) is 0. The molecule has 0 aromatic rings. The number of halogens is 2. The molecular weight excluding hydrogens is 169 g/mol. The maximum Gasteiger partial charge on any atom is 0.472 e. The molecule has 0 spiro atoms. The first kappa shape index (κ1) is 9.97. The predicted octanol–water partition coefficient (Wildman–Crippen LogP) is 0.751. The minimum atomic E-state index is -4.92. The molecule has 0 amide bonds. The van der Waals surface area contributed by atoms with Crippen molar-refractivity contribution in [2.45, 2.75) is 12.8 Å². The minimum absolute atomic E-state index is 0.589. The Balaban J connectivity index is 4.02. The van der Waals surface area contributed by atoms with Gasteiger partial charge in [-0.2, -0.15) is 0 Å². The highest BCUT2D eigenvalue weighted by molar-refractivity contribution is 7.46. The van der Waals surface area contributed by atoms with E-state index in [0.29, 0.717) is 6.92 Å². The molecule has 0 aliphatic heterocycles.